The van der Waals surface area contributed by atoms with Crippen LogP contribution in [0.1, 0.15) is 36.8 Å². The molecule has 9 heteroatoms. The summed E-state index contributed by atoms with van der Waals surface area (Å²) in [6.45, 7) is 5.52. The summed E-state index contributed by atoms with van der Waals surface area (Å²) in [4.78, 5) is 18.6. The first-order valence-corrected chi connectivity index (χ1v) is 12.4. The van der Waals surface area contributed by atoms with E-state index in [-0.39, 0.29) is 42.2 Å². The topological polar surface area (TPSA) is 100 Å². The third kappa shape index (κ3) is 5.43. The summed E-state index contributed by atoms with van der Waals surface area (Å²) in [5, 5.41) is 9.73. The molecule has 1 N–H and O–H groups in total. The lowest BCUT2D eigenvalue weighted by molar-refractivity contribution is 0.0559. The van der Waals surface area contributed by atoms with Gasteiger partial charge in [0.1, 0.15) is 22.4 Å². The van der Waals surface area contributed by atoms with E-state index in [2.05, 4.69) is 4.98 Å². The smallest absolute Gasteiger partial charge is 0.272 e. The van der Waals surface area contributed by atoms with Crippen LogP contribution in [-0.4, -0.2) is 72.5 Å². The maximum atomic E-state index is 13.5. The summed E-state index contributed by atoms with van der Waals surface area (Å²) >= 11 is 0. The molecule has 0 saturated heterocycles. The second-order valence-electron chi connectivity index (χ2n) is 8.35. The van der Waals surface area contributed by atoms with Gasteiger partial charge in [-0.2, -0.15) is 4.31 Å². The van der Waals surface area contributed by atoms with E-state index >= 15 is 0 Å². The van der Waals surface area contributed by atoms with Gasteiger partial charge in [0.15, 0.2) is 0 Å². The predicted octanol–water partition coefficient (Wildman–Crippen LogP) is 2.66. The normalized spacial score (nSPS) is 21.5. The SMILES string of the molecule is C/C=C/c1ccc2c(c1)O[C@H](CN(C)C(=O)c1ccccn1)[C@H](C)CN([C@@H](C)CO)S2(=O)=O. The number of benzene rings is 1. The van der Waals surface area contributed by atoms with Gasteiger partial charge in [-0.1, -0.05) is 31.2 Å². The lowest BCUT2D eigenvalue weighted by atomic mass is 10.0. The number of pyridine rings is 1. The van der Waals surface area contributed by atoms with Crippen molar-refractivity contribution in [1.82, 2.24) is 14.2 Å². The Bertz CT molecular complexity index is 1100. The van der Waals surface area contributed by atoms with Gasteiger partial charge in [0, 0.05) is 31.7 Å². The van der Waals surface area contributed by atoms with Crippen LogP contribution in [0.5, 0.6) is 5.75 Å². The number of sulfonamides is 1. The molecule has 1 amide bonds. The minimum Gasteiger partial charge on any atom is -0.487 e. The van der Waals surface area contributed by atoms with Crippen LogP contribution in [0.3, 0.4) is 0 Å². The van der Waals surface area contributed by atoms with Gasteiger partial charge in [-0.15, -0.1) is 0 Å². The highest BCUT2D eigenvalue weighted by Crippen LogP contribution is 2.34. The van der Waals surface area contributed by atoms with Crippen LogP contribution in [0.15, 0.2) is 53.6 Å². The Morgan fingerprint density at radius 3 is 2.76 bits per heavy atom. The summed E-state index contributed by atoms with van der Waals surface area (Å²) in [6.07, 6.45) is 4.80. The predicted molar refractivity (Wildman–Crippen MR) is 126 cm³/mol. The molecule has 2 heterocycles. The Morgan fingerprint density at radius 2 is 2.12 bits per heavy atom. The molecule has 0 aliphatic carbocycles. The number of fused-ring (bicyclic) bond motifs is 1. The first-order valence-electron chi connectivity index (χ1n) is 10.9. The average molecular weight is 474 g/mol. The Labute approximate surface area is 195 Å². The van der Waals surface area contributed by atoms with Crippen LogP contribution in [0.25, 0.3) is 6.08 Å². The number of ether oxygens (including phenoxy) is 1. The summed E-state index contributed by atoms with van der Waals surface area (Å²) in [6, 6.07) is 9.49. The van der Waals surface area contributed by atoms with Crippen LogP contribution < -0.4 is 4.74 Å². The van der Waals surface area contributed by atoms with E-state index in [0.717, 1.165) is 5.56 Å². The molecule has 0 fully saturated rings. The van der Waals surface area contributed by atoms with Crippen molar-refractivity contribution in [1.29, 1.82) is 0 Å². The number of hydrogen-bond acceptors (Lipinski definition) is 6. The molecule has 0 unspecified atom stereocenters. The second-order valence-corrected chi connectivity index (χ2v) is 10.2. The van der Waals surface area contributed by atoms with E-state index in [1.807, 2.05) is 26.0 Å². The largest absolute Gasteiger partial charge is 0.487 e. The summed E-state index contributed by atoms with van der Waals surface area (Å²) < 4.78 is 34.5. The van der Waals surface area contributed by atoms with Crippen molar-refractivity contribution < 1.29 is 23.1 Å². The number of rotatable bonds is 6. The van der Waals surface area contributed by atoms with Crippen molar-refractivity contribution in [2.24, 2.45) is 5.92 Å². The van der Waals surface area contributed by atoms with Crippen LogP contribution in [-0.2, 0) is 10.0 Å². The molecule has 2 aromatic rings. The molecule has 178 valence electrons. The highest BCUT2D eigenvalue weighted by molar-refractivity contribution is 7.89. The van der Waals surface area contributed by atoms with Crippen molar-refractivity contribution in [3.05, 3.63) is 59.9 Å². The minimum atomic E-state index is -3.90. The minimum absolute atomic E-state index is 0.0478. The fourth-order valence-electron chi connectivity index (χ4n) is 3.79. The molecule has 1 aromatic carbocycles. The standard InChI is InChI=1S/C24H31N3O5S/c1-5-8-19-10-11-23-21(13-19)32-22(15-26(4)24(29)20-9-6-7-12-25-20)17(2)14-27(18(3)16-28)33(23,30)31/h5-13,17-18,22,28H,14-16H2,1-4H3/b8-5+/t17-,18+,22-/m1/s1. The Hall–Kier alpha value is -2.75. The zero-order valence-corrected chi connectivity index (χ0v) is 20.2. The van der Waals surface area contributed by atoms with Gasteiger partial charge in [-0.3, -0.25) is 9.78 Å². The quantitative estimate of drug-likeness (QED) is 0.692. The summed E-state index contributed by atoms with van der Waals surface area (Å²) in [5.74, 6) is -0.271. The number of aliphatic hydroxyl groups is 1. The van der Waals surface area contributed by atoms with Crippen molar-refractivity contribution in [3.8, 4) is 5.75 Å². The summed E-state index contributed by atoms with van der Waals surface area (Å²) in [5.41, 5.74) is 1.13. The zero-order valence-electron chi connectivity index (χ0n) is 19.4. The number of amides is 1. The fraction of sp³-hybridized carbons (Fsp3) is 0.417. The Kier molecular flexibility index (Phi) is 7.88. The molecule has 1 aliphatic rings. The number of aliphatic hydroxyl groups excluding tert-OH is 1. The summed E-state index contributed by atoms with van der Waals surface area (Å²) in [7, 11) is -2.22. The third-order valence-corrected chi connectivity index (χ3v) is 7.75. The zero-order chi connectivity index (χ0) is 24.2. The number of likely N-dealkylation sites (N-methyl/N-ethyl adjacent to an activating group) is 1. The molecule has 3 rings (SSSR count). The van der Waals surface area contributed by atoms with Crippen LogP contribution in [0.4, 0.5) is 0 Å². The highest BCUT2D eigenvalue weighted by atomic mass is 32.2. The lowest BCUT2D eigenvalue weighted by Crippen LogP contribution is -2.50. The van der Waals surface area contributed by atoms with Crippen LogP contribution in [0.2, 0.25) is 0 Å². The second kappa shape index (κ2) is 10.5. The molecule has 0 spiro atoms. The molecule has 8 nitrogen and oxygen atoms in total. The van der Waals surface area contributed by atoms with Gasteiger partial charge in [0.05, 0.1) is 13.2 Å². The monoisotopic (exact) mass is 473 g/mol. The molecular weight excluding hydrogens is 442 g/mol. The molecule has 0 radical (unpaired) electrons. The average Bonchev–Trinajstić information content (AvgIpc) is 2.81. The number of aromatic nitrogens is 1. The van der Waals surface area contributed by atoms with Crippen LogP contribution >= 0.6 is 0 Å². The van der Waals surface area contributed by atoms with E-state index in [4.69, 9.17) is 4.74 Å². The molecular formula is C24H31N3O5S. The van der Waals surface area contributed by atoms with Gasteiger partial charge < -0.3 is 14.7 Å². The van der Waals surface area contributed by atoms with E-state index < -0.39 is 22.2 Å². The van der Waals surface area contributed by atoms with Gasteiger partial charge in [-0.05, 0) is 43.7 Å². The number of nitrogens with zero attached hydrogens (tertiary/aromatic N) is 3. The van der Waals surface area contributed by atoms with Crippen molar-refractivity contribution in [2.45, 2.75) is 37.8 Å². The van der Waals surface area contributed by atoms with Gasteiger partial charge in [0.2, 0.25) is 10.0 Å². The van der Waals surface area contributed by atoms with Gasteiger partial charge >= 0.3 is 0 Å². The van der Waals surface area contributed by atoms with E-state index in [1.54, 1.807) is 50.5 Å². The Morgan fingerprint density at radius 1 is 1.36 bits per heavy atom. The van der Waals surface area contributed by atoms with E-state index in [0.29, 0.717) is 5.69 Å². The number of carbonyl (C=O) groups is 1. The molecule has 1 aromatic heterocycles. The molecule has 3 atom stereocenters. The van der Waals surface area contributed by atoms with Crippen molar-refractivity contribution in [2.75, 3.05) is 26.7 Å². The fourth-order valence-corrected chi connectivity index (χ4v) is 5.62. The number of carbonyl (C=O) groups excluding carboxylic acids is 1. The maximum absolute atomic E-state index is 13.5. The number of allylic oxidation sites excluding steroid dienone is 1. The first-order chi connectivity index (χ1) is 15.7. The molecule has 1 aliphatic heterocycles. The Balaban J connectivity index is 2.01. The molecule has 0 bridgehead atoms. The number of hydrogen-bond donors (Lipinski definition) is 1. The molecule has 0 saturated carbocycles. The van der Waals surface area contributed by atoms with E-state index in [1.165, 1.54) is 15.3 Å². The van der Waals surface area contributed by atoms with Crippen molar-refractivity contribution in [3.63, 3.8) is 0 Å². The maximum Gasteiger partial charge on any atom is 0.272 e. The highest BCUT2D eigenvalue weighted by Gasteiger charge is 2.38. The lowest BCUT2D eigenvalue weighted by Gasteiger charge is -2.37. The van der Waals surface area contributed by atoms with Gasteiger partial charge in [0.25, 0.3) is 5.91 Å². The van der Waals surface area contributed by atoms with Crippen molar-refractivity contribution >= 4 is 22.0 Å². The van der Waals surface area contributed by atoms with E-state index in [9.17, 15) is 18.3 Å². The first kappa shape index (κ1) is 24.9. The third-order valence-electron chi connectivity index (χ3n) is 5.73. The van der Waals surface area contributed by atoms with Crippen LogP contribution in [0, 0.1) is 5.92 Å². The van der Waals surface area contributed by atoms with Gasteiger partial charge in [-0.25, -0.2) is 8.42 Å². The molecule has 33 heavy (non-hydrogen) atoms.